The van der Waals surface area contributed by atoms with E-state index in [-0.39, 0.29) is 12.2 Å². The van der Waals surface area contributed by atoms with Crippen LogP contribution in [0.4, 0.5) is 0 Å². The fourth-order valence-corrected chi connectivity index (χ4v) is 1.99. The van der Waals surface area contributed by atoms with E-state index in [9.17, 15) is 0 Å². The summed E-state index contributed by atoms with van der Waals surface area (Å²) in [5.74, 6) is 0. The average Bonchev–Trinajstić information content (AvgIpc) is 2.00. The van der Waals surface area contributed by atoms with Crippen LogP contribution in [0.2, 0.25) is 0 Å². The highest BCUT2D eigenvalue weighted by atomic mass is 79.9. The SMILES string of the molecule is CO[C@@H](CBr)[C@H](CBr)OC. The Hall–Kier alpha value is 0.880. The van der Waals surface area contributed by atoms with E-state index in [0.717, 1.165) is 10.7 Å². The predicted molar refractivity (Wildman–Crippen MR) is 49.2 cm³/mol. The zero-order valence-electron chi connectivity index (χ0n) is 6.14. The minimum absolute atomic E-state index is 0.129. The van der Waals surface area contributed by atoms with Gasteiger partial charge in [0.2, 0.25) is 0 Å². The average molecular weight is 276 g/mol. The first-order chi connectivity index (χ1) is 4.79. The van der Waals surface area contributed by atoms with Gasteiger partial charge < -0.3 is 9.47 Å². The third-order valence-corrected chi connectivity index (χ3v) is 2.60. The first-order valence-corrected chi connectivity index (χ1v) is 5.22. The van der Waals surface area contributed by atoms with E-state index < -0.39 is 0 Å². The highest BCUT2D eigenvalue weighted by Crippen LogP contribution is 2.08. The summed E-state index contributed by atoms with van der Waals surface area (Å²) in [5.41, 5.74) is 0. The molecule has 2 atom stereocenters. The lowest BCUT2D eigenvalue weighted by molar-refractivity contribution is -0.00929. The molecule has 0 amide bonds. The van der Waals surface area contributed by atoms with Crippen molar-refractivity contribution in [3.8, 4) is 0 Å². The molecule has 4 heteroatoms. The van der Waals surface area contributed by atoms with Crippen LogP contribution < -0.4 is 0 Å². The lowest BCUT2D eigenvalue weighted by Crippen LogP contribution is -2.32. The Kier molecular flexibility index (Phi) is 7.16. The van der Waals surface area contributed by atoms with Crippen LogP contribution in [0.3, 0.4) is 0 Å². The molecule has 0 aromatic rings. The van der Waals surface area contributed by atoms with Gasteiger partial charge in [0.25, 0.3) is 0 Å². The fourth-order valence-electron chi connectivity index (χ4n) is 0.628. The molecular weight excluding hydrogens is 264 g/mol. The Labute approximate surface area is 78.5 Å². The molecule has 0 fully saturated rings. The summed E-state index contributed by atoms with van der Waals surface area (Å²) in [7, 11) is 3.36. The number of halogens is 2. The Bertz CT molecular complexity index is 62.1. The van der Waals surface area contributed by atoms with Crippen molar-refractivity contribution in [1.82, 2.24) is 0 Å². The second kappa shape index (κ2) is 6.58. The largest absolute Gasteiger partial charge is 0.378 e. The lowest BCUT2D eigenvalue weighted by Gasteiger charge is -2.20. The first-order valence-electron chi connectivity index (χ1n) is 2.97. The molecule has 0 saturated heterocycles. The number of rotatable bonds is 5. The van der Waals surface area contributed by atoms with Gasteiger partial charge in [0, 0.05) is 24.9 Å². The van der Waals surface area contributed by atoms with Gasteiger partial charge in [0.05, 0.1) is 12.2 Å². The normalized spacial score (nSPS) is 16.8. The number of alkyl halides is 2. The zero-order chi connectivity index (χ0) is 7.98. The van der Waals surface area contributed by atoms with E-state index in [2.05, 4.69) is 31.9 Å². The molecule has 0 unspecified atom stereocenters. The fraction of sp³-hybridized carbons (Fsp3) is 1.00. The van der Waals surface area contributed by atoms with Crippen molar-refractivity contribution in [2.24, 2.45) is 0 Å². The Morgan fingerprint density at radius 1 is 1.00 bits per heavy atom. The van der Waals surface area contributed by atoms with Crippen LogP contribution >= 0.6 is 31.9 Å². The molecule has 0 aliphatic rings. The van der Waals surface area contributed by atoms with Gasteiger partial charge in [-0.25, -0.2) is 0 Å². The first kappa shape index (κ1) is 10.9. The number of methoxy groups -OCH3 is 2. The molecule has 0 bridgehead atoms. The van der Waals surface area contributed by atoms with Crippen LogP contribution in [0, 0.1) is 0 Å². The van der Waals surface area contributed by atoms with Crippen LogP contribution in [0.15, 0.2) is 0 Å². The van der Waals surface area contributed by atoms with Gasteiger partial charge in [0.1, 0.15) is 0 Å². The van der Waals surface area contributed by atoms with E-state index in [4.69, 9.17) is 9.47 Å². The van der Waals surface area contributed by atoms with Gasteiger partial charge in [-0.05, 0) is 0 Å². The highest BCUT2D eigenvalue weighted by Gasteiger charge is 2.17. The second-order valence-corrected chi connectivity index (χ2v) is 3.15. The van der Waals surface area contributed by atoms with Crippen LogP contribution in [-0.2, 0) is 9.47 Å². The van der Waals surface area contributed by atoms with E-state index in [1.54, 1.807) is 14.2 Å². The summed E-state index contributed by atoms with van der Waals surface area (Å²) in [4.78, 5) is 0. The molecule has 0 aliphatic heterocycles. The molecule has 0 N–H and O–H groups in total. The zero-order valence-corrected chi connectivity index (χ0v) is 9.31. The second-order valence-electron chi connectivity index (χ2n) is 1.86. The van der Waals surface area contributed by atoms with Crippen molar-refractivity contribution in [1.29, 1.82) is 0 Å². The van der Waals surface area contributed by atoms with Crippen LogP contribution in [0.1, 0.15) is 0 Å². The van der Waals surface area contributed by atoms with Gasteiger partial charge >= 0.3 is 0 Å². The molecule has 0 spiro atoms. The molecule has 2 nitrogen and oxygen atoms in total. The van der Waals surface area contributed by atoms with Crippen molar-refractivity contribution < 1.29 is 9.47 Å². The molecule has 10 heavy (non-hydrogen) atoms. The van der Waals surface area contributed by atoms with Crippen LogP contribution in [0.5, 0.6) is 0 Å². The van der Waals surface area contributed by atoms with Crippen molar-refractivity contribution in [2.45, 2.75) is 12.2 Å². The summed E-state index contributed by atoms with van der Waals surface area (Å²) in [6.07, 6.45) is 0.258. The third kappa shape index (κ3) is 3.32. The molecule has 0 aromatic carbocycles. The molecule has 62 valence electrons. The minimum Gasteiger partial charge on any atom is -0.378 e. The van der Waals surface area contributed by atoms with E-state index >= 15 is 0 Å². The topological polar surface area (TPSA) is 18.5 Å². The predicted octanol–water partition coefficient (Wildman–Crippen LogP) is 1.81. The summed E-state index contributed by atoms with van der Waals surface area (Å²) >= 11 is 6.66. The van der Waals surface area contributed by atoms with E-state index in [1.807, 2.05) is 0 Å². The van der Waals surface area contributed by atoms with E-state index in [0.29, 0.717) is 0 Å². The molecule has 0 aromatic heterocycles. The van der Waals surface area contributed by atoms with Crippen molar-refractivity contribution in [3.63, 3.8) is 0 Å². The van der Waals surface area contributed by atoms with Crippen LogP contribution in [-0.4, -0.2) is 37.1 Å². The molecule has 0 aliphatic carbocycles. The summed E-state index contributed by atoms with van der Waals surface area (Å²) in [5, 5.41) is 1.60. The smallest absolute Gasteiger partial charge is 0.0937 e. The van der Waals surface area contributed by atoms with Gasteiger partial charge in [-0.2, -0.15) is 0 Å². The molecule has 0 rings (SSSR count). The van der Waals surface area contributed by atoms with E-state index in [1.165, 1.54) is 0 Å². The maximum Gasteiger partial charge on any atom is 0.0937 e. The third-order valence-electron chi connectivity index (χ3n) is 1.32. The van der Waals surface area contributed by atoms with Gasteiger partial charge in [-0.3, -0.25) is 0 Å². The number of hydrogen-bond donors (Lipinski definition) is 0. The summed E-state index contributed by atoms with van der Waals surface area (Å²) in [6.45, 7) is 0. The Balaban J connectivity index is 3.70. The highest BCUT2D eigenvalue weighted by molar-refractivity contribution is 9.09. The number of ether oxygens (including phenoxy) is 2. The molecule has 0 heterocycles. The molecular formula is C6H12Br2O2. The van der Waals surface area contributed by atoms with Gasteiger partial charge in [-0.15, -0.1) is 0 Å². The lowest BCUT2D eigenvalue weighted by atomic mass is 10.2. The maximum atomic E-state index is 5.14. The van der Waals surface area contributed by atoms with Crippen molar-refractivity contribution in [2.75, 3.05) is 24.9 Å². The summed E-state index contributed by atoms with van der Waals surface area (Å²) in [6, 6.07) is 0. The number of hydrogen-bond acceptors (Lipinski definition) is 2. The summed E-state index contributed by atoms with van der Waals surface area (Å²) < 4.78 is 10.3. The standard InChI is InChI=1S/C6H12Br2O2/c1-9-5(3-7)6(4-8)10-2/h5-6H,3-4H2,1-2H3/t5-,6-/m0/s1. The Morgan fingerprint density at radius 2 is 1.30 bits per heavy atom. The van der Waals surface area contributed by atoms with Crippen LogP contribution in [0.25, 0.3) is 0 Å². The van der Waals surface area contributed by atoms with Crippen molar-refractivity contribution in [3.05, 3.63) is 0 Å². The maximum absolute atomic E-state index is 5.14. The molecule has 0 saturated carbocycles. The van der Waals surface area contributed by atoms with Gasteiger partial charge in [-0.1, -0.05) is 31.9 Å². The quantitative estimate of drug-likeness (QED) is 0.713. The molecule has 0 radical (unpaired) electrons. The minimum atomic E-state index is 0.129. The van der Waals surface area contributed by atoms with Crippen molar-refractivity contribution >= 4 is 31.9 Å². The van der Waals surface area contributed by atoms with Gasteiger partial charge in [0.15, 0.2) is 0 Å². The monoisotopic (exact) mass is 274 g/mol. The Morgan fingerprint density at radius 3 is 1.40 bits per heavy atom.